The van der Waals surface area contributed by atoms with Crippen molar-refractivity contribution in [3.8, 4) is 0 Å². The lowest BCUT2D eigenvalue weighted by molar-refractivity contribution is 0.0211. The van der Waals surface area contributed by atoms with Crippen molar-refractivity contribution in [3.63, 3.8) is 0 Å². The van der Waals surface area contributed by atoms with Crippen LogP contribution in [-0.2, 0) is 22.6 Å². The van der Waals surface area contributed by atoms with Gasteiger partial charge in [0.25, 0.3) is 0 Å². The van der Waals surface area contributed by atoms with Gasteiger partial charge in [-0.2, -0.15) is 0 Å². The molecular weight excluding hydrogens is 242 g/mol. The maximum atomic E-state index is 5.57. The van der Waals surface area contributed by atoms with Gasteiger partial charge in [0.15, 0.2) is 0 Å². The second-order valence-electron chi connectivity index (χ2n) is 5.49. The van der Waals surface area contributed by atoms with Crippen LogP contribution in [0.4, 0.5) is 0 Å². The molecule has 110 valence electrons. The number of aromatic nitrogens is 3. The molecule has 0 saturated heterocycles. The van der Waals surface area contributed by atoms with Crippen molar-refractivity contribution >= 4 is 0 Å². The summed E-state index contributed by atoms with van der Waals surface area (Å²) < 4.78 is 12.8. The van der Waals surface area contributed by atoms with Crippen molar-refractivity contribution in [2.45, 2.75) is 59.8 Å². The normalized spacial score (nSPS) is 11.7. The number of hydrogen-bond acceptors (Lipinski definition) is 4. The standard InChI is InChI=1S/C14H27N3O2/c1-12(2)7-9-18-8-5-6-14-10-17(16-15-14)11-19-13(3)4/h10,12-13H,5-9,11H2,1-4H3. The van der Waals surface area contributed by atoms with E-state index in [-0.39, 0.29) is 6.10 Å². The lowest BCUT2D eigenvalue weighted by atomic mass is 10.1. The Kier molecular flexibility index (Phi) is 7.67. The number of ether oxygens (including phenoxy) is 2. The third kappa shape index (κ3) is 7.95. The molecule has 19 heavy (non-hydrogen) atoms. The van der Waals surface area contributed by atoms with Gasteiger partial charge in [-0.1, -0.05) is 19.1 Å². The van der Waals surface area contributed by atoms with Gasteiger partial charge in [-0.25, -0.2) is 4.68 Å². The van der Waals surface area contributed by atoms with Crippen LogP contribution in [0.25, 0.3) is 0 Å². The van der Waals surface area contributed by atoms with Crippen LogP contribution in [0, 0.1) is 5.92 Å². The van der Waals surface area contributed by atoms with Gasteiger partial charge in [-0.15, -0.1) is 5.10 Å². The first-order chi connectivity index (χ1) is 9.08. The summed E-state index contributed by atoms with van der Waals surface area (Å²) in [4.78, 5) is 0. The molecule has 0 unspecified atom stereocenters. The zero-order chi connectivity index (χ0) is 14.1. The zero-order valence-corrected chi connectivity index (χ0v) is 12.6. The van der Waals surface area contributed by atoms with Crippen LogP contribution < -0.4 is 0 Å². The van der Waals surface area contributed by atoms with E-state index in [1.54, 1.807) is 4.68 Å². The van der Waals surface area contributed by atoms with Gasteiger partial charge in [-0.3, -0.25) is 0 Å². The molecule has 1 rings (SSSR count). The molecule has 1 aromatic rings. The molecule has 0 aromatic carbocycles. The van der Waals surface area contributed by atoms with Crippen LogP contribution in [0.5, 0.6) is 0 Å². The Morgan fingerprint density at radius 1 is 1.21 bits per heavy atom. The minimum Gasteiger partial charge on any atom is -0.381 e. The predicted molar refractivity (Wildman–Crippen MR) is 74.8 cm³/mol. The summed E-state index contributed by atoms with van der Waals surface area (Å²) in [6.07, 6.45) is 5.17. The number of nitrogens with zero attached hydrogens (tertiary/aromatic N) is 3. The van der Waals surface area contributed by atoms with Gasteiger partial charge >= 0.3 is 0 Å². The van der Waals surface area contributed by atoms with E-state index in [1.165, 1.54) is 0 Å². The van der Waals surface area contributed by atoms with E-state index in [9.17, 15) is 0 Å². The van der Waals surface area contributed by atoms with E-state index in [0.29, 0.717) is 12.6 Å². The smallest absolute Gasteiger partial charge is 0.141 e. The van der Waals surface area contributed by atoms with Crippen LogP contribution in [0.3, 0.4) is 0 Å². The number of aryl methyl sites for hydroxylation is 1. The highest BCUT2D eigenvalue weighted by atomic mass is 16.5. The molecule has 0 radical (unpaired) electrons. The lowest BCUT2D eigenvalue weighted by Crippen LogP contribution is -2.08. The van der Waals surface area contributed by atoms with Crippen molar-refractivity contribution < 1.29 is 9.47 Å². The Morgan fingerprint density at radius 3 is 2.68 bits per heavy atom. The SMILES string of the molecule is CC(C)CCOCCCc1cn(COC(C)C)nn1. The fourth-order valence-electron chi connectivity index (χ4n) is 1.52. The first-order valence-corrected chi connectivity index (χ1v) is 7.16. The zero-order valence-electron chi connectivity index (χ0n) is 12.6. The van der Waals surface area contributed by atoms with Gasteiger partial charge in [-0.05, 0) is 39.0 Å². The first kappa shape index (κ1) is 16.1. The largest absolute Gasteiger partial charge is 0.381 e. The van der Waals surface area contributed by atoms with Crippen molar-refractivity contribution in [1.29, 1.82) is 0 Å². The van der Waals surface area contributed by atoms with E-state index in [4.69, 9.17) is 9.47 Å². The Hall–Kier alpha value is -0.940. The Morgan fingerprint density at radius 2 is 2.00 bits per heavy atom. The van der Waals surface area contributed by atoms with E-state index in [1.807, 2.05) is 20.0 Å². The highest BCUT2D eigenvalue weighted by Crippen LogP contribution is 2.02. The third-order valence-electron chi connectivity index (χ3n) is 2.69. The maximum absolute atomic E-state index is 5.57. The summed E-state index contributed by atoms with van der Waals surface area (Å²) in [5.74, 6) is 0.709. The number of rotatable bonds is 10. The first-order valence-electron chi connectivity index (χ1n) is 7.16. The summed E-state index contributed by atoms with van der Waals surface area (Å²) in [5.41, 5.74) is 1.000. The molecule has 0 aliphatic carbocycles. The van der Waals surface area contributed by atoms with Crippen molar-refractivity contribution in [1.82, 2.24) is 15.0 Å². The van der Waals surface area contributed by atoms with E-state index in [2.05, 4.69) is 24.2 Å². The van der Waals surface area contributed by atoms with Gasteiger partial charge in [0.2, 0.25) is 0 Å². The van der Waals surface area contributed by atoms with Crippen LogP contribution in [-0.4, -0.2) is 34.3 Å². The van der Waals surface area contributed by atoms with Crippen LogP contribution in [0.2, 0.25) is 0 Å². The highest BCUT2D eigenvalue weighted by Gasteiger charge is 2.02. The van der Waals surface area contributed by atoms with Crippen molar-refractivity contribution in [3.05, 3.63) is 11.9 Å². The number of hydrogen-bond donors (Lipinski definition) is 0. The molecule has 5 heteroatoms. The molecule has 0 atom stereocenters. The van der Waals surface area contributed by atoms with Gasteiger partial charge in [0, 0.05) is 13.2 Å². The van der Waals surface area contributed by atoms with E-state index < -0.39 is 0 Å². The van der Waals surface area contributed by atoms with Crippen LogP contribution in [0.15, 0.2) is 6.20 Å². The van der Waals surface area contributed by atoms with E-state index in [0.717, 1.165) is 38.2 Å². The molecular formula is C14H27N3O2. The minimum atomic E-state index is 0.210. The molecule has 0 saturated carbocycles. The molecule has 1 aromatic heterocycles. The molecule has 0 amide bonds. The quantitative estimate of drug-likeness (QED) is 0.613. The van der Waals surface area contributed by atoms with Crippen molar-refractivity contribution in [2.24, 2.45) is 5.92 Å². The molecule has 0 bridgehead atoms. The van der Waals surface area contributed by atoms with Gasteiger partial charge < -0.3 is 9.47 Å². The summed E-state index contributed by atoms with van der Waals surface area (Å²) >= 11 is 0. The van der Waals surface area contributed by atoms with Crippen LogP contribution in [0.1, 0.15) is 46.2 Å². The minimum absolute atomic E-state index is 0.210. The molecule has 0 aliphatic rings. The van der Waals surface area contributed by atoms with E-state index >= 15 is 0 Å². The molecule has 0 fully saturated rings. The van der Waals surface area contributed by atoms with Crippen molar-refractivity contribution in [2.75, 3.05) is 13.2 Å². The topological polar surface area (TPSA) is 49.2 Å². The maximum Gasteiger partial charge on any atom is 0.141 e. The average Bonchev–Trinajstić information content (AvgIpc) is 2.78. The molecule has 5 nitrogen and oxygen atoms in total. The Labute approximate surface area is 116 Å². The highest BCUT2D eigenvalue weighted by molar-refractivity contribution is 4.91. The second-order valence-corrected chi connectivity index (χ2v) is 5.49. The average molecular weight is 269 g/mol. The summed E-state index contributed by atoms with van der Waals surface area (Å²) in [6, 6.07) is 0. The third-order valence-corrected chi connectivity index (χ3v) is 2.69. The summed E-state index contributed by atoms with van der Waals surface area (Å²) in [5, 5.41) is 8.14. The summed E-state index contributed by atoms with van der Waals surface area (Å²) in [6.45, 7) is 10.5. The molecule has 0 aliphatic heterocycles. The summed E-state index contributed by atoms with van der Waals surface area (Å²) in [7, 11) is 0. The molecule has 0 N–H and O–H groups in total. The Bertz CT molecular complexity index is 337. The fourth-order valence-corrected chi connectivity index (χ4v) is 1.52. The molecule has 1 heterocycles. The molecule has 0 spiro atoms. The Balaban J connectivity index is 2.09. The fraction of sp³-hybridized carbons (Fsp3) is 0.857. The second kappa shape index (κ2) is 9.04. The van der Waals surface area contributed by atoms with Gasteiger partial charge in [0.05, 0.1) is 18.0 Å². The van der Waals surface area contributed by atoms with Gasteiger partial charge in [0.1, 0.15) is 6.73 Å². The monoisotopic (exact) mass is 269 g/mol. The predicted octanol–water partition coefficient (Wildman–Crippen LogP) is 2.66. The lowest BCUT2D eigenvalue weighted by Gasteiger charge is -2.06. The van der Waals surface area contributed by atoms with Crippen LogP contribution >= 0.6 is 0 Å².